The Bertz CT molecular complexity index is 511. The third kappa shape index (κ3) is 9.06. The maximum absolute atomic E-state index is 12.7. The zero-order chi connectivity index (χ0) is 17.8. The molecule has 0 saturated carbocycles. The van der Waals surface area contributed by atoms with Crippen LogP contribution in [0.3, 0.4) is 0 Å². The summed E-state index contributed by atoms with van der Waals surface area (Å²) in [7, 11) is 3.31. The molecule has 1 rings (SSSR count). The second kappa shape index (κ2) is 11.4. The first kappa shape index (κ1) is 19.9. The van der Waals surface area contributed by atoms with Gasteiger partial charge < -0.3 is 14.8 Å². The highest BCUT2D eigenvalue weighted by atomic mass is 19.1. The number of carbonyl (C=O) groups is 2. The van der Waals surface area contributed by atoms with Crippen LogP contribution < -0.4 is 15.4 Å². The zero-order valence-electron chi connectivity index (χ0n) is 14.0. The summed E-state index contributed by atoms with van der Waals surface area (Å²) in [6.07, 6.45) is 0.696. The van der Waals surface area contributed by atoms with E-state index in [1.54, 1.807) is 24.1 Å². The molecule has 2 N–H and O–H groups in total. The average Bonchev–Trinajstić information content (AvgIpc) is 2.53. The number of urea groups is 1. The van der Waals surface area contributed by atoms with Crippen LogP contribution in [0, 0.1) is 5.82 Å². The molecule has 7 nitrogen and oxygen atoms in total. The Morgan fingerprint density at radius 1 is 1.21 bits per heavy atom. The number of nitrogens with one attached hydrogen (secondary N) is 2. The van der Waals surface area contributed by atoms with Crippen LogP contribution in [0.1, 0.15) is 6.42 Å². The summed E-state index contributed by atoms with van der Waals surface area (Å²) < 4.78 is 23.0. The van der Waals surface area contributed by atoms with Crippen molar-refractivity contribution in [2.45, 2.75) is 6.42 Å². The Labute approximate surface area is 141 Å². The number of amides is 3. The fourth-order valence-electron chi connectivity index (χ4n) is 1.86. The molecule has 0 atom stereocenters. The highest BCUT2D eigenvalue weighted by Gasteiger charge is 2.10. The summed E-state index contributed by atoms with van der Waals surface area (Å²) in [5.41, 5.74) is 0. The predicted octanol–water partition coefficient (Wildman–Crippen LogP) is 0.999. The van der Waals surface area contributed by atoms with Crippen molar-refractivity contribution in [1.82, 2.24) is 15.5 Å². The van der Waals surface area contributed by atoms with Crippen LogP contribution in [-0.2, 0) is 9.53 Å². The number of methoxy groups -OCH3 is 1. The summed E-state index contributed by atoms with van der Waals surface area (Å²) >= 11 is 0. The summed E-state index contributed by atoms with van der Waals surface area (Å²) in [6.45, 7) is 1.91. The van der Waals surface area contributed by atoms with Gasteiger partial charge >= 0.3 is 6.03 Å². The van der Waals surface area contributed by atoms with Gasteiger partial charge in [0.25, 0.3) is 0 Å². The quantitative estimate of drug-likeness (QED) is 0.621. The molecule has 0 aliphatic rings. The Balaban J connectivity index is 2.12. The van der Waals surface area contributed by atoms with Crippen molar-refractivity contribution in [2.75, 3.05) is 47.0 Å². The molecular weight excluding hydrogens is 317 g/mol. The zero-order valence-corrected chi connectivity index (χ0v) is 14.0. The molecule has 0 aliphatic carbocycles. The van der Waals surface area contributed by atoms with E-state index in [4.69, 9.17) is 9.47 Å². The van der Waals surface area contributed by atoms with E-state index in [1.165, 1.54) is 19.2 Å². The van der Waals surface area contributed by atoms with Gasteiger partial charge in [-0.3, -0.25) is 15.0 Å². The largest absolute Gasteiger partial charge is 0.494 e. The maximum Gasteiger partial charge on any atom is 0.321 e. The van der Waals surface area contributed by atoms with Crippen molar-refractivity contribution in [3.05, 3.63) is 30.1 Å². The average molecular weight is 341 g/mol. The number of halogens is 1. The van der Waals surface area contributed by atoms with Crippen LogP contribution >= 0.6 is 0 Å². The molecule has 0 aromatic heterocycles. The Hall–Kier alpha value is -2.19. The van der Waals surface area contributed by atoms with Crippen LogP contribution in [0.15, 0.2) is 24.3 Å². The number of imide groups is 1. The first-order valence-electron chi connectivity index (χ1n) is 7.65. The van der Waals surface area contributed by atoms with Crippen LogP contribution in [0.2, 0.25) is 0 Å². The fourth-order valence-corrected chi connectivity index (χ4v) is 1.86. The van der Waals surface area contributed by atoms with Crippen molar-refractivity contribution in [2.24, 2.45) is 0 Å². The van der Waals surface area contributed by atoms with E-state index in [2.05, 4.69) is 10.6 Å². The van der Waals surface area contributed by atoms with Gasteiger partial charge in [-0.25, -0.2) is 9.18 Å². The highest BCUT2D eigenvalue weighted by molar-refractivity contribution is 5.95. The standard InChI is InChI=1S/C16H24FN3O4/c1-20(12-15(21)19-16(22)18-8-11-23-2)9-3-10-24-14-6-4-13(17)5-7-14/h4-7H,3,8-12H2,1-2H3,(H2,18,19,21,22). The molecule has 0 saturated heterocycles. The van der Waals surface area contributed by atoms with Crippen molar-refractivity contribution in [3.8, 4) is 5.75 Å². The second-order valence-corrected chi connectivity index (χ2v) is 5.19. The number of hydrogen-bond donors (Lipinski definition) is 2. The predicted molar refractivity (Wildman–Crippen MR) is 87.4 cm³/mol. The first-order chi connectivity index (χ1) is 11.5. The number of likely N-dealkylation sites (N-methyl/N-ethyl adjacent to an activating group) is 1. The molecule has 0 spiro atoms. The lowest BCUT2D eigenvalue weighted by Crippen LogP contribution is -2.44. The maximum atomic E-state index is 12.7. The number of carbonyl (C=O) groups excluding carboxylic acids is 2. The summed E-state index contributed by atoms with van der Waals surface area (Å²) in [5.74, 6) is -0.0873. The van der Waals surface area contributed by atoms with Gasteiger partial charge in [0.15, 0.2) is 0 Å². The van der Waals surface area contributed by atoms with Gasteiger partial charge in [0.1, 0.15) is 11.6 Å². The molecule has 0 heterocycles. The third-order valence-electron chi connectivity index (χ3n) is 3.02. The van der Waals surface area contributed by atoms with E-state index in [0.29, 0.717) is 38.5 Å². The van der Waals surface area contributed by atoms with Gasteiger partial charge in [0, 0.05) is 20.2 Å². The van der Waals surface area contributed by atoms with Gasteiger partial charge in [-0.2, -0.15) is 0 Å². The Kier molecular flexibility index (Phi) is 9.40. The first-order valence-corrected chi connectivity index (χ1v) is 7.65. The van der Waals surface area contributed by atoms with Crippen molar-refractivity contribution in [3.63, 3.8) is 0 Å². The molecule has 1 aromatic carbocycles. The molecule has 0 fully saturated rings. The van der Waals surface area contributed by atoms with Crippen LogP contribution in [0.25, 0.3) is 0 Å². The van der Waals surface area contributed by atoms with Gasteiger partial charge in [-0.15, -0.1) is 0 Å². The van der Waals surface area contributed by atoms with E-state index >= 15 is 0 Å². The number of hydrogen-bond acceptors (Lipinski definition) is 5. The number of nitrogens with zero attached hydrogens (tertiary/aromatic N) is 1. The topological polar surface area (TPSA) is 79.9 Å². The molecule has 0 bridgehead atoms. The normalized spacial score (nSPS) is 10.5. The second-order valence-electron chi connectivity index (χ2n) is 5.19. The van der Waals surface area contributed by atoms with Gasteiger partial charge in [-0.1, -0.05) is 0 Å². The van der Waals surface area contributed by atoms with Crippen LogP contribution in [0.5, 0.6) is 5.75 Å². The molecular formula is C16H24FN3O4. The lowest BCUT2D eigenvalue weighted by molar-refractivity contribution is -0.120. The summed E-state index contributed by atoms with van der Waals surface area (Å²) in [6, 6.07) is 5.26. The lowest BCUT2D eigenvalue weighted by atomic mass is 10.3. The van der Waals surface area contributed by atoms with E-state index in [1.807, 2.05) is 0 Å². The number of benzene rings is 1. The summed E-state index contributed by atoms with van der Waals surface area (Å²) in [5, 5.41) is 4.74. The minimum Gasteiger partial charge on any atom is -0.494 e. The van der Waals surface area contributed by atoms with E-state index in [9.17, 15) is 14.0 Å². The molecule has 0 aliphatic heterocycles. The van der Waals surface area contributed by atoms with E-state index < -0.39 is 6.03 Å². The molecule has 3 amide bonds. The molecule has 24 heavy (non-hydrogen) atoms. The monoisotopic (exact) mass is 341 g/mol. The molecule has 0 unspecified atom stereocenters. The third-order valence-corrected chi connectivity index (χ3v) is 3.02. The van der Waals surface area contributed by atoms with E-state index in [-0.39, 0.29) is 18.3 Å². The fraction of sp³-hybridized carbons (Fsp3) is 0.500. The van der Waals surface area contributed by atoms with Crippen LogP contribution in [-0.4, -0.2) is 63.8 Å². The smallest absolute Gasteiger partial charge is 0.321 e. The van der Waals surface area contributed by atoms with Gasteiger partial charge in [0.05, 0.1) is 19.8 Å². The number of rotatable bonds is 10. The molecule has 8 heteroatoms. The van der Waals surface area contributed by atoms with E-state index in [0.717, 1.165) is 0 Å². The molecule has 1 aromatic rings. The van der Waals surface area contributed by atoms with Crippen LogP contribution in [0.4, 0.5) is 9.18 Å². The SMILES string of the molecule is COCCNC(=O)NC(=O)CN(C)CCCOc1ccc(F)cc1. The molecule has 134 valence electrons. The lowest BCUT2D eigenvalue weighted by Gasteiger charge is -2.16. The summed E-state index contributed by atoms with van der Waals surface area (Å²) in [4.78, 5) is 24.8. The Morgan fingerprint density at radius 3 is 2.58 bits per heavy atom. The highest BCUT2D eigenvalue weighted by Crippen LogP contribution is 2.11. The van der Waals surface area contributed by atoms with Crippen molar-refractivity contribution >= 4 is 11.9 Å². The van der Waals surface area contributed by atoms with Gasteiger partial charge in [0.2, 0.25) is 5.91 Å². The van der Waals surface area contributed by atoms with Crippen molar-refractivity contribution < 1.29 is 23.5 Å². The molecule has 0 radical (unpaired) electrons. The minimum absolute atomic E-state index is 0.105. The number of ether oxygens (including phenoxy) is 2. The van der Waals surface area contributed by atoms with Gasteiger partial charge in [-0.05, 0) is 37.7 Å². The van der Waals surface area contributed by atoms with Crippen molar-refractivity contribution in [1.29, 1.82) is 0 Å². The minimum atomic E-state index is -0.537. The Morgan fingerprint density at radius 2 is 1.92 bits per heavy atom.